The molecule has 6 aromatic rings. The van der Waals surface area contributed by atoms with E-state index < -0.39 is 0 Å². The molecule has 6 rings (SSSR count). The molecular weight excluding hydrogens is 385 g/mol. The third-order valence-corrected chi connectivity index (χ3v) is 6.10. The molecule has 5 aromatic carbocycles. The lowest BCUT2D eigenvalue weighted by atomic mass is 9.88. The molecule has 0 atom stereocenters. The maximum absolute atomic E-state index is 6.26. The normalized spacial score (nSPS) is 11.2. The summed E-state index contributed by atoms with van der Waals surface area (Å²) in [6.45, 7) is 0. The molecule has 1 nitrogen and oxygen atoms in total. The monoisotopic (exact) mass is 405 g/mol. The summed E-state index contributed by atoms with van der Waals surface area (Å²) in [6, 6.07) is 42.6. The van der Waals surface area contributed by atoms with E-state index in [1.54, 1.807) is 0 Å². The zero-order valence-corrected chi connectivity index (χ0v) is 17.6. The molecule has 0 saturated heterocycles. The topological polar surface area (TPSA) is 4.93 Å². The highest BCUT2D eigenvalue weighted by Gasteiger charge is 2.11. The van der Waals surface area contributed by atoms with Crippen molar-refractivity contribution in [3.8, 4) is 27.9 Å². The van der Waals surface area contributed by atoms with E-state index in [9.17, 15) is 0 Å². The van der Waals surface area contributed by atoms with E-state index in [-0.39, 0.29) is 0 Å². The first kappa shape index (κ1) is 18.7. The quantitative estimate of drug-likeness (QED) is 0.282. The smallest absolute Gasteiger partial charge is 0.113 e. The van der Waals surface area contributed by atoms with Gasteiger partial charge in [-0.05, 0) is 52.6 Å². The van der Waals surface area contributed by atoms with Crippen molar-refractivity contribution in [2.75, 3.05) is 0 Å². The Labute approximate surface area is 189 Å². The van der Waals surface area contributed by atoms with E-state index in [1.165, 1.54) is 27.4 Å². The van der Waals surface area contributed by atoms with Gasteiger partial charge in [0.15, 0.2) is 0 Å². The van der Waals surface area contributed by atoms with Crippen LogP contribution in [0.3, 0.4) is 0 Å². The molecular formula is C30H20BN. The van der Waals surface area contributed by atoms with Crippen LogP contribution in [-0.4, -0.2) is 12.4 Å². The Morgan fingerprint density at radius 1 is 0.438 bits per heavy atom. The predicted octanol–water partition coefficient (Wildman–Crippen LogP) is 6.91. The summed E-state index contributed by atoms with van der Waals surface area (Å²) in [7, 11) is 6.26. The van der Waals surface area contributed by atoms with E-state index in [2.05, 4.69) is 108 Å². The number of benzene rings is 5. The number of aromatic nitrogens is 1. The highest BCUT2D eigenvalue weighted by Crippen LogP contribution is 2.33. The molecule has 0 fully saturated rings. The average Bonchev–Trinajstić information content (AvgIpc) is 3.19. The highest BCUT2D eigenvalue weighted by molar-refractivity contribution is 6.33. The zero-order valence-electron chi connectivity index (χ0n) is 17.6. The van der Waals surface area contributed by atoms with Crippen molar-refractivity contribution >= 4 is 35.1 Å². The SMILES string of the molecule is [B]c1cc(-c2ccccc2)cc(-c2ccc(-n3c4ccccc4c4ccccc43)cc2)c1. The Balaban J connectivity index is 1.46. The summed E-state index contributed by atoms with van der Waals surface area (Å²) in [5, 5.41) is 2.55. The number of fused-ring (bicyclic) bond motifs is 3. The van der Waals surface area contributed by atoms with Gasteiger partial charge in [0.25, 0.3) is 0 Å². The summed E-state index contributed by atoms with van der Waals surface area (Å²) in [5.74, 6) is 0. The molecule has 0 amide bonds. The van der Waals surface area contributed by atoms with Crippen LogP contribution in [0, 0.1) is 0 Å². The van der Waals surface area contributed by atoms with Crippen molar-refractivity contribution in [3.05, 3.63) is 121 Å². The maximum Gasteiger partial charge on any atom is 0.113 e. The van der Waals surface area contributed by atoms with Crippen LogP contribution in [0.1, 0.15) is 0 Å². The Kier molecular flexibility index (Phi) is 4.43. The van der Waals surface area contributed by atoms with Crippen LogP contribution < -0.4 is 5.46 Å². The van der Waals surface area contributed by atoms with Gasteiger partial charge < -0.3 is 4.57 Å². The minimum Gasteiger partial charge on any atom is -0.309 e. The van der Waals surface area contributed by atoms with Crippen LogP contribution in [0.15, 0.2) is 121 Å². The number of hydrogen-bond acceptors (Lipinski definition) is 0. The van der Waals surface area contributed by atoms with Crippen LogP contribution in [-0.2, 0) is 0 Å². The molecule has 148 valence electrons. The van der Waals surface area contributed by atoms with Crippen LogP contribution in [0.5, 0.6) is 0 Å². The minimum atomic E-state index is 0.771. The predicted molar refractivity (Wildman–Crippen MR) is 137 cm³/mol. The summed E-state index contributed by atoms with van der Waals surface area (Å²) >= 11 is 0. The molecule has 2 radical (unpaired) electrons. The highest BCUT2D eigenvalue weighted by atomic mass is 15.0. The van der Waals surface area contributed by atoms with Gasteiger partial charge in [-0.2, -0.15) is 0 Å². The van der Waals surface area contributed by atoms with Crippen LogP contribution >= 0.6 is 0 Å². The Hall–Kier alpha value is -4.04. The van der Waals surface area contributed by atoms with Gasteiger partial charge in [0.2, 0.25) is 0 Å². The molecule has 1 aromatic heterocycles. The van der Waals surface area contributed by atoms with Gasteiger partial charge in [0, 0.05) is 16.5 Å². The zero-order chi connectivity index (χ0) is 21.5. The van der Waals surface area contributed by atoms with Crippen molar-refractivity contribution in [1.29, 1.82) is 0 Å². The lowest BCUT2D eigenvalue weighted by molar-refractivity contribution is 1.18. The summed E-state index contributed by atoms with van der Waals surface area (Å²) in [5.41, 5.74) is 8.94. The number of nitrogens with zero attached hydrogens (tertiary/aromatic N) is 1. The second-order valence-corrected chi connectivity index (χ2v) is 8.13. The fourth-order valence-corrected chi connectivity index (χ4v) is 4.62. The minimum absolute atomic E-state index is 0.771. The van der Waals surface area contributed by atoms with Gasteiger partial charge in [-0.1, -0.05) is 96.5 Å². The molecule has 0 unspecified atom stereocenters. The Morgan fingerprint density at radius 2 is 0.938 bits per heavy atom. The lowest BCUT2D eigenvalue weighted by Crippen LogP contribution is -2.02. The third kappa shape index (κ3) is 3.12. The fraction of sp³-hybridized carbons (Fsp3) is 0. The second kappa shape index (κ2) is 7.58. The third-order valence-electron chi connectivity index (χ3n) is 6.10. The average molecular weight is 405 g/mol. The standard InChI is InChI=1S/C30H20BN/c31-25-19-23(21-8-2-1-3-9-21)18-24(20-25)22-14-16-26(17-15-22)32-29-12-6-4-10-27(29)28-11-5-7-13-30(28)32/h1-20H. The first-order valence-corrected chi connectivity index (χ1v) is 10.8. The van der Waals surface area contributed by atoms with Crippen molar-refractivity contribution in [3.63, 3.8) is 0 Å². The number of hydrogen-bond donors (Lipinski definition) is 0. The summed E-state index contributed by atoms with van der Waals surface area (Å²) < 4.78 is 2.34. The molecule has 0 spiro atoms. The van der Waals surface area contributed by atoms with E-state index in [0.717, 1.165) is 27.8 Å². The largest absolute Gasteiger partial charge is 0.309 e. The van der Waals surface area contributed by atoms with Crippen LogP contribution in [0.4, 0.5) is 0 Å². The van der Waals surface area contributed by atoms with Crippen molar-refractivity contribution in [2.24, 2.45) is 0 Å². The van der Waals surface area contributed by atoms with Gasteiger partial charge in [0.1, 0.15) is 7.85 Å². The lowest BCUT2D eigenvalue weighted by Gasteiger charge is -2.11. The van der Waals surface area contributed by atoms with Gasteiger partial charge in [-0.15, -0.1) is 0 Å². The van der Waals surface area contributed by atoms with Crippen molar-refractivity contribution in [2.45, 2.75) is 0 Å². The summed E-state index contributed by atoms with van der Waals surface area (Å²) in [4.78, 5) is 0. The molecule has 1 heterocycles. The van der Waals surface area contributed by atoms with Crippen LogP contribution in [0.2, 0.25) is 0 Å². The first-order valence-electron chi connectivity index (χ1n) is 10.8. The molecule has 0 aliphatic heterocycles. The van der Waals surface area contributed by atoms with Gasteiger partial charge in [-0.25, -0.2) is 0 Å². The van der Waals surface area contributed by atoms with Crippen molar-refractivity contribution in [1.82, 2.24) is 4.57 Å². The number of rotatable bonds is 3. The summed E-state index contributed by atoms with van der Waals surface area (Å²) in [6.07, 6.45) is 0. The molecule has 2 heteroatoms. The van der Waals surface area contributed by atoms with Gasteiger partial charge in [0.05, 0.1) is 11.0 Å². The van der Waals surface area contributed by atoms with E-state index in [1.807, 2.05) is 18.2 Å². The Morgan fingerprint density at radius 3 is 1.53 bits per heavy atom. The first-order chi connectivity index (χ1) is 15.8. The van der Waals surface area contributed by atoms with Gasteiger partial charge >= 0.3 is 0 Å². The van der Waals surface area contributed by atoms with Crippen LogP contribution in [0.25, 0.3) is 49.7 Å². The molecule has 0 saturated carbocycles. The molecule has 0 aliphatic carbocycles. The second-order valence-electron chi connectivity index (χ2n) is 8.13. The molecule has 0 bridgehead atoms. The maximum atomic E-state index is 6.26. The van der Waals surface area contributed by atoms with E-state index in [4.69, 9.17) is 7.85 Å². The molecule has 0 N–H and O–H groups in total. The van der Waals surface area contributed by atoms with E-state index >= 15 is 0 Å². The molecule has 0 aliphatic rings. The van der Waals surface area contributed by atoms with Crippen molar-refractivity contribution < 1.29 is 0 Å². The number of para-hydroxylation sites is 2. The Bertz CT molecular complexity index is 1510. The van der Waals surface area contributed by atoms with E-state index in [0.29, 0.717) is 0 Å². The fourth-order valence-electron chi connectivity index (χ4n) is 4.62. The van der Waals surface area contributed by atoms with Gasteiger partial charge in [-0.3, -0.25) is 0 Å². The molecule has 32 heavy (non-hydrogen) atoms.